The van der Waals surface area contributed by atoms with E-state index >= 15 is 0 Å². The van der Waals surface area contributed by atoms with Crippen molar-refractivity contribution in [2.75, 3.05) is 26.8 Å². The number of cyclic esters (lactones) is 1. The Hall–Kier alpha value is -3.36. The van der Waals surface area contributed by atoms with Gasteiger partial charge in [-0.2, -0.15) is 0 Å². The number of hydrogen-bond acceptors (Lipinski definition) is 11. The molecule has 0 saturated carbocycles. The number of fused-ring (bicyclic) bond motifs is 1. The molecule has 268 valence electrons. The Bertz CT molecular complexity index is 1410. The molecule has 4 rings (SSSR count). The fourth-order valence-corrected chi connectivity index (χ4v) is 7.65. The van der Waals surface area contributed by atoms with E-state index in [1.807, 2.05) is 45.2 Å². The number of nitrogens with zero attached hydrogens (tertiary/aromatic N) is 5. The number of ether oxygens (including phenoxy) is 3. The van der Waals surface area contributed by atoms with Crippen LogP contribution in [-0.2, 0) is 30.3 Å². The van der Waals surface area contributed by atoms with Crippen LogP contribution in [0.15, 0.2) is 30.6 Å². The van der Waals surface area contributed by atoms with E-state index in [1.165, 1.54) is 6.92 Å². The van der Waals surface area contributed by atoms with Crippen LogP contribution >= 0.6 is 0 Å². The average molecular weight is 681 g/mol. The number of aromatic nitrogens is 4. The van der Waals surface area contributed by atoms with Gasteiger partial charge in [0.15, 0.2) is 5.60 Å². The number of amides is 1. The largest absolute Gasteiger partial charge is 0.458 e. The molecule has 14 heteroatoms. The van der Waals surface area contributed by atoms with Crippen molar-refractivity contribution in [1.29, 1.82) is 0 Å². The van der Waals surface area contributed by atoms with Crippen molar-refractivity contribution in [3.8, 4) is 11.4 Å². The molecule has 4 heterocycles. The van der Waals surface area contributed by atoms with Crippen LogP contribution in [0.4, 0.5) is 4.79 Å². The number of carbonyl (C=O) groups excluding carboxylic acids is 3. The first-order chi connectivity index (χ1) is 23.3. The van der Waals surface area contributed by atoms with Gasteiger partial charge in [-0.25, -0.2) is 4.79 Å². The summed E-state index contributed by atoms with van der Waals surface area (Å²) in [5.74, 6) is -3.68. The first kappa shape index (κ1) is 38.4. The van der Waals surface area contributed by atoms with Crippen LogP contribution in [0.25, 0.3) is 11.4 Å². The van der Waals surface area contributed by atoms with Crippen LogP contribution in [0.5, 0.6) is 0 Å². The molecule has 2 aliphatic heterocycles. The predicted octanol–water partition coefficient (Wildman–Crippen LogP) is 3.61. The van der Waals surface area contributed by atoms with Gasteiger partial charge in [0, 0.05) is 45.0 Å². The van der Waals surface area contributed by atoms with E-state index < -0.39 is 53.1 Å². The Morgan fingerprint density at radius 2 is 1.86 bits per heavy atom. The van der Waals surface area contributed by atoms with Crippen LogP contribution in [0.2, 0.25) is 5.82 Å². The first-order valence-corrected chi connectivity index (χ1v) is 17.5. The molecule has 9 atom stereocenters. The van der Waals surface area contributed by atoms with Gasteiger partial charge in [0.1, 0.15) is 23.5 Å². The fraction of sp³-hybridized carbons (Fsp3) is 0.714. The molecule has 0 unspecified atom stereocenters. The second kappa shape index (κ2) is 16.6. The molecule has 2 aromatic rings. The zero-order chi connectivity index (χ0) is 35.9. The van der Waals surface area contributed by atoms with Gasteiger partial charge < -0.3 is 24.6 Å². The summed E-state index contributed by atoms with van der Waals surface area (Å²) in [5.41, 5.74) is -0.759. The number of pyridine rings is 1. The minimum absolute atomic E-state index is 0.0149. The maximum atomic E-state index is 13.7. The van der Waals surface area contributed by atoms with Gasteiger partial charge in [-0.05, 0) is 83.3 Å². The second-order valence-corrected chi connectivity index (χ2v) is 14.0. The minimum Gasteiger partial charge on any atom is -0.458 e. The summed E-state index contributed by atoms with van der Waals surface area (Å²) < 4.78 is 19.9. The number of nitrogens with one attached hydrogen (secondary N) is 1. The summed E-state index contributed by atoms with van der Waals surface area (Å²) in [4.78, 5) is 46.9. The van der Waals surface area contributed by atoms with Crippen LogP contribution < -0.4 is 5.32 Å². The highest BCUT2D eigenvalue weighted by Crippen LogP contribution is 2.42. The summed E-state index contributed by atoms with van der Waals surface area (Å²) in [6.07, 6.45) is 4.74. The highest BCUT2D eigenvalue weighted by Gasteiger charge is 2.58. The summed E-state index contributed by atoms with van der Waals surface area (Å²) >= 11 is 0. The minimum atomic E-state index is -1.20. The summed E-state index contributed by atoms with van der Waals surface area (Å²) in [6.45, 7) is 12.3. The van der Waals surface area contributed by atoms with E-state index in [9.17, 15) is 19.5 Å². The predicted molar refractivity (Wildman–Crippen MR) is 184 cm³/mol. The van der Waals surface area contributed by atoms with Crippen molar-refractivity contribution < 1.29 is 33.7 Å². The topological polar surface area (TPSA) is 158 Å². The highest BCUT2D eigenvalue weighted by molar-refractivity contribution is 6.15. The van der Waals surface area contributed by atoms with Crippen molar-refractivity contribution in [2.45, 2.75) is 115 Å². The van der Waals surface area contributed by atoms with E-state index in [0.717, 1.165) is 12.1 Å². The van der Waals surface area contributed by atoms with Crippen LogP contribution in [0, 0.1) is 17.8 Å². The van der Waals surface area contributed by atoms with E-state index in [0.29, 0.717) is 44.6 Å². The molecule has 0 bridgehead atoms. The number of aliphatic hydroxyl groups excluding tert-OH is 1. The number of esters is 1. The number of hydrogen-bond donors (Lipinski definition) is 2. The van der Waals surface area contributed by atoms with Gasteiger partial charge in [0.2, 0.25) is 0 Å². The quantitative estimate of drug-likeness (QED) is 0.164. The Morgan fingerprint density at radius 3 is 2.51 bits per heavy atom. The van der Waals surface area contributed by atoms with Gasteiger partial charge in [0.25, 0.3) is 0 Å². The summed E-state index contributed by atoms with van der Waals surface area (Å²) in [7, 11) is 8.26. The molecule has 2 saturated heterocycles. The van der Waals surface area contributed by atoms with Crippen LogP contribution in [-0.4, -0.2) is 112 Å². The molecule has 2 N–H and O–H groups in total. The van der Waals surface area contributed by atoms with Gasteiger partial charge in [-0.1, -0.05) is 32.1 Å². The highest BCUT2D eigenvalue weighted by atomic mass is 16.6. The van der Waals surface area contributed by atoms with Gasteiger partial charge in [0.05, 0.1) is 31.4 Å². The van der Waals surface area contributed by atoms with Gasteiger partial charge >= 0.3 is 12.1 Å². The van der Waals surface area contributed by atoms with Gasteiger partial charge in [-0.3, -0.25) is 24.2 Å². The molecule has 49 heavy (non-hydrogen) atoms. The lowest BCUT2D eigenvalue weighted by molar-refractivity contribution is -0.170. The maximum Gasteiger partial charge on any atom is 0.410 e. The Morgan fingerprint density at radius 1 is 1.12 bits per heavy atom. The van der Waals surface area contributed by atoms with Crippen LogP contribution in [0.3, 0.4) is 0 Å². The number of Topliss-reactive ketones (excluding diaryl/α,β-unsaturated/α-hetero) is 1. The number of rotatable bonds is 10. The monoisotopic (exact) mass is 680 g/mol. The smallest absolute Gasteiger partial charge is 0.410 e. The number of carbonyl (C=O) groups is 3. The van der Waals surface area contributed by atoms with E-state index in [4.69, 9.17) is 22.1 Å². The van der Waals surface area contributed by atoms with E-state index in [2.05, 4.69) is 27.5 Å². The molecule has 1 amide bonds. The normalized spacial score (nSPS) is 33.3. The zero-order valence-electron chi connectivity index (χ0n) is 30.0. The number of methoxy groups -OCH3 is 1. The molecule has 0 aromatic carbocycles. The van der Waals surface area contributed by atoms with Crippen molar-refractivity contribution in [3.63, 3.8) is 0 Å². The Labute approximate surface area is 291 Å². The standard InChI is InChI=1S/C35H53BN6O7/c1-8-28-34(6)31(42(33(46)49-34)17-12-11-16-41-21-27(39-40-41)26-13-9-10-15-37-26)25(5)38-20-22(2)19-35(47-7,14-18-43)30(36)23(3)29(44)24(4)32(45)48-28/h9-10,13,15,21-25,28,30-31,38,43H,8,11-12,14,16-20H2,1-7H3/t22-,23+,24-,25-,28-,30-,31-,34-,35-/m1/s1. The SMILES string of the molecule is [B][C@@H]1[C@@H](C)C(=O)[C@@H](C)C(=O)O[C@H](CC)[C@@]2(C)OC(=O)N(CCCCn3cc(-c4ccccn4)nn3)[C@@H]2[C@@H](C)NC[C@H](C)C[C@@]1(CCO)OC. The number of ketones is 1. The van der Waals surface area contributed by atoms with E-state index in [-0.39, 0.29) is 30.8 Å². The third-order valence-electron chi connectivity index (χ3n) is 10.5. The van der Waals surface area contributed by atoms with E-state index in [1.54, 1.807) is 29.8 Å². The molecular formula is C35H53BN6O7. The molecule has 0 spiro atoms. The molecule has 2 aliphatic rings. The number of aryl methyl sites for hydroxylation is 1. The van der Waals surface area contributed by atoms with Gasteiger partial charge in [-0.15, -0.1) is 5.10 Å². The zero-order valence-corrected chi connectivity index (χ0v) is 30.0. The second-order valence-electron chi connectivity index (χ2n) is 14.0. The Kier molecular flexibility index (Phi) is 13.0. The fourth-order valence-electron chi connectivity index (χ4n) is 7.65. The lowest BCUT2D eigenvalue weighted by Gasteiger charge is -2.43. The first-order valence-electron chi connectivity index (χ1n) is 17.5. The van der Waals surface area contributed by atoms with Crippen LogP contribution in [0.1, 0.15) is 73.6 Å². The van der Waals surface area contributed by atoms with Crippen molar-refractivity contribution in [1.82, 2.24) is 30.2 Å². The van der Waals surface area contributed by atoms with Crippen molar-refractivity contribution in [3.05, 3.63) is 30.6 Å². The average Bonchev–Trinajstić information content (AvgIpc) is 3.67. The van der Waals surface area contributed by atoms with Crippen molar-refractivity contribution in [2.24, 2.45) is 17.8 Å². The lowest BCUT2D eigenvalue weighted by atomic mass is 9.61. The maximum absolute atomic E-state index is 13.7. The Balaban J connectivity index is 1.57. The lowest BCUT2D eigenvalue weighted by Crippen LogP contribution is -2.61. The molecular weight excluding hydrogens is 627 g/mol. The third kappa shape index (κ3) is 8.34. The van der Waals surface area contributed by atoms with Crippen molar-refractivity contribution >= 4 is 25.7 Å². The molecule has 2 aromatic heterocycles. The third-order valence-corrected chi connectivity index (χ3v) is 10.5. The molecule has 13 nitrogen and oxygen atoms in total. The number of aliphatic hydroxyl groups is 1. The summed E-state index contributed by atoms with van der Waals surface area (Å²) in [6, 6.07) is 4.87. The summed E-state index contributed by atoms with van der Waals surface area (Å²) in [5, 5.41) is 22.1. The molecule has 2 fully saturated rings. The number of unbranched alkanes of at least 4 members (excludes halogenated alkanes) is 1. The molecule has 0 aliphatic carbocycles. The molecule has 2 radical (unpaired) electrons.